The van der Waals surface area contributed by atoms with Crippen LogP contribution >= 0.6 is 0 Å². The van der Waals surface area contributed by atoms with Crippen molar-refractivity contribution in [2.24, 2.45) is 0 Å². The third kappa shape index (κ3) is 6.25. The molecule has 0 spiro atoms. The van der Waals surface area contributed by atoms with Crippen LogP contribution in [0.5, 0.6) is 11.5 Å². The molecule has 10 heteroatoms. The van der Waals surface area contributed by atoms with Crippen LogP contribution in [0.25, 0.3) is 0 Å². The molecule has 2 aromatic carbocycles. The molecule has 2 aliphatic rings. The number of furan rings is 1. The number of amides is 3. The lowest BCUT2D eigenvalue weighted by Gasteiger charge is -2.29. The maximum atomic E-state index is 13.7. The van der Waals surface area contributed by atoms with Crippen molar-refractivity contribution in [3.05, 3.63) is 77.7 Å². The van der Waals surface area contributed by atoms with Gasteiger partial charge in [0.15, 0.2) is 11.5 Å². The van der Waals surface area contributed by atoms with Crippen molar-refractivity contribution >= 4 is 17.6 Å². The molecule has 3 amide bonds. The molecule has 1 fully saturated rings. The van der Waals surface area contributed by atoms with Gasteiger partial charge in [-0.25, -0.2) is 4.79 Å². The number of hydrogen-bond donors (Lipinski definition) is 1. The summed E-state index contributed by atoms with van der Waals surface area (Å²) >= 11 is 0. The molecule has 10 nitrogen and oxygen atoms in total. The van der Waals surface area contributed by atoms with Gasteiger partial charge in [0.05, 0.1) is 30.5 Å². The fourth-order valence-corrected chi connectivity index (χ4v) is 4.47. The Balaban J connectivity index is 1.34. The molecule has 5 rings (SSSR count). The smallest absolute Gasteiger partial charge is 0.322 e. The first kappa shape index (κ1) is 25.2. The van der Waals surface area contributed by atoms with E-state index in [0.717, 1.165) is 18.4 Å². The van der Waals surface area contributed by atoms with Crippen molar-refractivity contribution in [1.29, 1.82) is 5.26 Å². The Morgan fingerprint density at radius 2 is 1.92 bits per heavy atom. The van der Waals surface area contributed by atoms with Gasteiger partial charge in [-0.3, -0.25) is 4.79 Å². The minimum Gasteiger partial charge on any atom is -0.467 e. The number of carbonyl (C=O) groups excluding carboxylic acids is 2. The van der Waals surface area contributed by atoms with E-state index in [1.54, 1.807) is 47.6 Å². The van der Waals surface area contributed by atoms with Crippen molar-refractivity contribution in [3.8, 4) is 17.6 Å². The van der Waals surface area contributed by atoms with E-state index in [0.29, 0.717) is 35.1 Å². The van der Waals surface area contributed by atoms with Crippen molar-refractivity contribution < 1.29 is 28.2 Å². The predicted molar refractivity (Wildman–Crippen MR) is 136 cm³/mol. The van der Waals surface area contributed by atoms with Crippen LogP contribution in [0, 0.1) is 11.3 Å². The zero-order valence-electron chi connectivity index (χ0n) is 20.8. The SMILES string of the molecule is N#Cc1cccc(NC(=O)N(CC(=O)N(Cc2ccc3c(c2)OCO3)Cc2ccco2)CC2CCCO2)c1. The second-order valence-electron chi connectivity index (χ2n) is 9.16. The molecule has 2 aliphatic heterocycles. The van der Waals surface area contributed by atoms with Gasteiger partial charge in [0.2, 0.25) is 12.7 Å². The maximum absolute atomic E-state index is 13.7. The van der Waals surface area contributed by atoms with Crippen LogP contribution in [-0.2, 0) is 22.6 Å². The van der Waals surface area contributed by atoms with Crippen LogP contribution in [0.2, 0.25) is 0 Å². The third-order valence-corrected chi connectivity index (χ3v) is 6.39. The normalized spacial score (nSPS) is 15.6. The quantitative estimate of drug-likeness (QED) is 0.455. The molecular weight excluding hydrogens is 488 g/mol. The molecule has 3 heterocycles. The van der Waals surface area contributed by atoms with E-state index in [-0.39, 0.29) is 45.0 Å². The molecule has 0 bridgehead atoms. The molecule has 1 atom stereocenters. The lowest BCUT2D eigenvalue weighted by molar-refractivity contribution is -0.133. The first-order valence-electron chi connectivity index (χ1n) is 12.4. The molecule has 1 unspecified atom stereocenters. The van der Waals surface area contributed by atoms with Crippen LogP contribution in [-0.4, -0.2) is 54.3 Å². The van der Waals surface area contributed by atoms with Crippen molar-refractivity contribution in [3.63, 3.8) is 0 Å². The number of nitrogens with one attached hydrogen (secondary N) is 1. The fourth-order valence-electron chi connectivity index (χ4n) is 4.47. The Kier molecular flexibility index (Phi) is 7.75. The standard InChI is InChI=1S/C28H28N4O6/c29-14-20-4-1-5-22(12-20)30-28(34)32(17-24-7-3-11-36-24)18-27(33)31(16-23-6-2-10-35-23)15-21-8-9-25-26(13-21)38-19-37-25/h1-2,4-6,8-10,12-13,24H,3,7,11,15-19H2,(H,30,34). The van der Waals surface area contributed by atoms with Crippen molar-refractivity contribution in [2.75, 3.05) is 31.8 Å². The Morgan fingerprint density at radius 3 is 2.71 bits per heavy atom. The van der Waals surface area contributed by atoms with E-state index < -0.39 is 6.03 Å². The summed E-state index contributed by atoms with van der Waals surface area (Å²) in [5.74, 6) is 1.67. The number of nitriles is 1. The topological polar surface area (TPSA) is 117 Å². The number of anilines is 1. The van der Waals surface area contributed by atoms with Crippen LogP contribution in [0.1, 0.15) is 29.7 Å². The molecule has 0 aliphatic carbocycles. The Hall–Kier alpha value is -4.49. The summed E-state index contributed by atoms with van der Waals surface area (Å²) in [7, 11) is 0. The van der Waals surface area contributed by atoms with Crippen LogP contribution < -0.4 is 14.8 Å². The highest BCUT2D eigenvalue weighted by Crippen LogP contribution is 2.33. The summed E-state index contributed by atoms with van der Waals surface area (Å²) < 4.78 is 22.2. The van der Waals surface area contributed by atoms with Crippen LogP contribution in [0.3, 0.4) is 0 Å². The minimum absolute atomic E-state index is 0.147. The third-order valence-electron chi connectivity index (χ3n) is 6.39. The summed E-state index contributed by atoms with van der Waals surface area (Å²) in [5.41, 5.74) is 1.77. The number of fused-ring (bicyclic) bond motifs is 1. The molecule has 0 saturated carbocycles. The fraction of sp³-hybridized carbons (Fsp3) is 0.321. The summed E-state index contributed by atoms with van der Waals surface area (Å²) in [6.45, 7) is 1.43. The number of benzene rings is 2. The molecule has 0 radical (unpaired) electrons. The van der Waals surface area contributed by atoms with Gasteiger partial charge in [0, 0.05) is 25.4 Å². The Morgan fingerprint density at radius 1 is 1.03 bits per heavy atom. The van der Waals surface area contributed by atoms with E-state index in [1.165, 1.54) is 4.90 Å². The second kappa shape index (κ2) is 11.7. The Bertz CT molecular complexity index is 1310. The largest absolute Gasteiger partial charge is 0.467 e. The predicted octanol–water partition coefficient (Wildman–Crippen LogP) is 4.12. The zero-order chi connectivity index (χ0) is 26.3. The van der Waals surface area contributed by atoms with Gasteiger partial charge < -0.3 is 33.7 Å². The van der Waals surface area contributed by atoms with E-state index >= 15 is 0 Å². The first-order valence-corrected chi connectivity index (χ1v) is 12.4. The van der Waals surface area contributed by atoms with Crippen molar-refractivity contribution in [1.82, 2.24) is 9.80 Å². The van der Waals surface area contributed by atoms with E-state index in [9.17, 15) is 14.9 Å². The average Bonchev–Trinajstić information content (AvgIpc) is 3.71. The Labute approximate surface area is 220 Å². The molecule has 3 aromatic rings. The summed E-state index contributed by atoms with van der Waals surface area (Å²) in [5, 5.41) is 12.0. The van der Waals surface area contributed by atoms with E-state index in [2.05, 4.69) is 11.4 Å². The van der Waals surface area contributed by atoms with Gasteiger partial charge in [0.25, 0.3) is 0 Å². The summed E-state index contributed by atoms with van der Waals surface area (Å²) in [4.78, 5) is 30.1. The number of ether oxygens (including phenoxy) is 3. The van der Waals surface area contributed by atoms with Crippen LogP contribution in [0.15, 0.2) is 65.3 Å². The molecular formula is C28H28N4O6. The minimum atomic E-state index is -0.440. The molecule has 38 heavy (non-hydrogen) atoms. The van der Waals surface area contributed by atoms with Crippen molar-refractivity contribution in [2.45, 2.75) is 32.0 Å². The summed E-state index contributed by atoms with van der Waals surface area (Å²) in [6.07, 6.45) is 3.14. The van der Waals surface area contributed by atoms with Gasteiger partial charge >= 0.3 is 6.03 Å². The van der Waals surface area contributed by atoms with E-state index in [1.807, 2.05) is 18.2 Å². The number of hydrogen-bond acceptors (Lipinski definition) is 7. The number of rotatable bonds is 9. The molecule has 1 aromatic heterocycles. The highest BCUT2D eigenvalue weighted by atomic mass is 16.7. The molecule has 196 valence electrons. The second-order valence-corrected chi connectivity index (χ2v) is 9.16. The van der Waals surface area contributed by atoms with E-state index in [4.69, 9.17) is 18.6 Å². The lowest BCUT2D eigenvalue weighted by Crippen LogP contribution is -2.46. The number of carbonyl (C=O) groups is 2. The maximum Gasteiger partial charge on any atom is 0.322 e. The van der Waals surface area contributed by atoms with Gasteiger partial charge in [-0.1, -0.05) is 12.1 Å². The van der Waals surface area contributed by atoms with Gasteiger partial charge in [-0.05, 0) is 60.9 Å². The number of urea groups is 1. The highest BCUT2D eigenvalue weighted by molar-refractivity contribution is 5.92. The average molecular weight is 517 g/mol. The van der Waals surface area contributed by atoms with Gasteiger partial charge in [-0.2, -0.15) is 5.26 Å². The van der Waals surface area contributed by atoms with Gasteiger partial charge in [-0.15, -0.1) is 0 Å². The zero-order valence-corrected chi connectivity index (χ0v) is 20.8. The lowest BCUT2D eigenvalue weighted by atomic mass is 10.1. The molecule has 1 N–H and O–H groups in total. The van der Waals surface area contributed by atoms with Crippen LogP contribution in [0.4, 0.5) is 10.5 Å². The number of nitrogens with zero attached hydrogens (tertiary/aromatic N) is 3. The monoisotopic (exact) mass is 516 g/mol. The first-order chi connectivity index (χ1) is 18.6. The summed E-state index contributed by atoms with van der Waals surface area (Å²) in [6, 6.07) is 17.4. The highest BCUT2D eigenvalue weighted by Gasteiger charge is 2.27. The van der Waals surface area contributed by atoms with Gasteiger partial charge in [0.1, 0.15) is 12.3 Å². The molecule has 1 saturated heterocycles.